The minimum atomic E-state index is -0.667. The average Bonchev–Trinajstić information content (AvgIpc) is 3.36. The number of aromatic amines is 1. The van der Waals surface area contributed by atoms with Crippen LogP contribution in [0.15, 0.2) is 66.7 Å². The third kappa shape index (κ3) is 6.80. The molecule has 3 aromatic carbocycles. The Morgan fingerprint density at radius 2 is 1.78 bits per heavy atom. The molecule has 188 valence electrons. The number of nitrogens with two attached hydrogens (primary N) is 1. The highest BCUT2D eigenvalue weighted by atomic mass is 16.5. The van der Waals surface area contributed by atoms with Gasteiger partial charge in [-0.25, -0.2) is 0 Å². The first-order valence-electron chi connectivity index (χ1n) is 11.8. The maximum atomic E-state index is 11.2. The van der Waals surface area contributed by atoms with Crippen LogP contribution < -0.4 is 20.5 Å². The van der Waals surface area contributed by atoms with Crippen molar-refractivity contribution < 1.29 is 19.4 Å². The van der Waals surface area contributed by atoms with Crippen LogP contribution in [0.4, 0.5) is 0 Å². The molecule has 0 fully saturated rings. The quantitative estimate of drug-likeness (QED) is 0.239. The van der Waals surface area contributed by atoms with Gasteiger partial charge in [0.05, 0.1) is 5.52 Å². The zero-order chi connectivity index (χ0) is 25.5. The van der Waals surface area contributed by atoms with Crippen molar-refractivity contribution in [3.63, 3.8) is 0 Å². The van der Waals surface area contributed by atoms with Gasteiger partial charge in [0, 0.05) is 17.6 Å². The number of fused-ring (bicyclic) bond motifs is 1. The summed E-state index contributed by atoms with van der Waals surface area (Å²) in [5.74, 6) is 1.48. The fourth-order valence-electron chi connectivity index (χ4n) is 3.69. The van der Waals surface area contributed by atoms with E-state index in [2.05, 4.69) is 34.6 Å². The number of benzene rings is 3. The topological polar surface area (TPSA) is 135 Å². The third-order valence-corrected chi connectivity index (χ3v) is 5.90. The van der Waals surface area contributed by atoms with E-state index in [9.17, 15) is 9.90 Å². The SMILES string of the molecule is CC(C)(CCc1ccc(Oc2ccc(C(N)=O)cc2)cc1)NC[C@H](O)COc1cccc2[nH]nnc12. The molecule has 0 spiro atoms. The van der Waals surface area contributed by atoms with Crippen LogP contribution in [0.3, 0.4) is 0 Å². The van der Waals surface area contributed by atoms with Gasteiger partial charge in [-0.1, -0.05) is 23.4 Å². The maximum Gasteiger partial charge on any atom is 0.248 e. The number of carbonyl (C=O) groups excluding carboxylic acids is 1. The van der Waals surface area contributed by atoms with Gasteiger partial charge in [-0.3, -0.25) is 9.89 Å². The number of rotatable bonds is 12. The number of aryl methyl sites for hydroxylation is 1. The summed E-state index contributed by atoms with van der Waals surface area (Å²) in [5, 5.41) is 24.4. The van der Waals surface area contributed by atoms with Crippen LogP contribution >= 0.6 is 0 Å². The van der Waals surface area contributed by atoms with E-state index in [1.54, 1.807) is 24.3 Å². The van der Waals surface area contributed by atoms with Crippen molar-refractivity contribution in [1.82, 2.24) is 20.7 Å². The van der Waals surface area contributed by atoms with E-state index in [1.165, 1.54) is 5.56 Å². The largest absolute Gasteiger partial charge is 0.488 e. The van der Waals surface area contributed by atoms with Crippen LogP contribution in [0, 0.1) is 0 Å². The smallest absolute Gasteiger partial charge is 0.248 e. The summed E-state index contributed by atoms with van der Waals surface area (Å²) < 4.78 is 11.6. The lowest BCUT2D eigenvalue weighted by Crippen LogP contribution is -2.45. The second-order valence-corrected chi connectivity index (χ2v) is 9.33. The third-order valence-electron chi connectivity index (χ3n) is 5.90. The second kappa shape index (κ2) is 11.2. The van der Waals surface area contributed by atoms with E-state index in [4.69, 9.17) is 15.2 Å². The number of nitrogens with one attached hydrogen (secondary N) is 2. The molecule has 1 amide bonds. The van der Waals surface area contributed by atoms with Gasteiger partial charge in [-0.2, -0.15) is 0 Å². The van der Waals surface area contributed by atoms with Crippen LogP contribution in [0.1, 0.15) is 36.2 Å². The van der Waals surface area contributed by atoms with E-state index >= 15 is 0 Å². The first-order valence-corrected chi connectivity index (χ1v) is 11.8. The lowest BCUT2D eigenvalue weighted by atomic mass is 9.95. The molecule has 0 aliphatic carbocycles. The number of aromatic nitrogens is 3. The highest BCUT2D eigenvalue weighted by Gasteiger charge is 2.19. The average molecular weight is 490 g/mol. The Morgan fingerprint density at radius 3 is 2.47 bits per heavy atom. The minimum absolute atomic E-state index is 0.155. The molecule has 0 saturated carbocycles. The summed E-state index contributed by atoms with van der Waals surface area (Å²) in [4.78, 5) is 11.2. The molecule has 0 unspecified atom stereocenters. The molecular formula is C27H31N5O4. The molecule has 0 bridgehead atoms. The predicted octanol–water partition coefficient (Wildman–Crippen LogP) is 3.59. The molecule has 9 heteroatoms. The lowest BCUT2D eigenvalue weighted by Gasteiger charge is -2.28. The van der Waals surface area contributed by atoms with Crippen molar-refractivity contribution >= 4 is 16.9 Å². The summed E-state index contributed by atoms with van der Waals surface area (Å²) in [7, 11) is 0. The van der Waals surface area contributed by atoms with Gasteiger partial charge < -0.3 is 25.6 Å². The predicted molar refractivity (Wildman–Crippen MR) is 137 cm³/mol. The van der Waals surface area contributed by atoms with Crippen molar-refractivity contribution in [1.29, 1.82) is 0 Å². The number of carbonyl (C=O) groups is 1. The molecular weight excluding hydrogens is 458 g/mol. The van der Waals surface area contributed by atoms with E-state index in [0.717, 1.165) is 18.4 Å². The number of amides is 1. The fourth-order valence-corrected chi connectivity index (χ4v) is 3.69. The number of aliphatic hydroxyl groups is 1. The van der Waals surface area contributed by atoms with Crippen LogP contribution in [0.2, 0.25) is 0 Å². The molecule has 5 N–H and O–H groups in total. The van der Waals surface area contributed by atoms with Crippen molar-refractivity contribution in [3.05, 3.63) is 77.9 Å². The van der Waals surface area contributed by atoms with Crippen LogP contribution in [0.5, 0.6) is 17.2 Å². The number of primary amides is 1. The van der Waals surface area contributed by atoms with Crippen LogP contribution in [0.25, 0.3) is 11.0 Å². The summed E-state index contributed by atoms with van der Waals surface area (Å²) >= 11 is 0. The molecule has 0 saturated heterocycles. The molecule has 0 aliphatic heterocycles. The Bertz CT molecular complexity index is 1290. The first-order chi connectivity index (χ1) is 17.3. The molecule has 0 aliphatic rings. The Hall–Kier alpha value is -3.95. The number of H-pyrrole nitrogens is 1. The van der Waals surface area contributed by atoms with Crippen molar-refractivity contribution in [2.75, 3.05) is 13.2 Å². The van der Waals surface area contributed by atoms with Crippen molar-refractivity contribution in [2.45, 2.75) is 38.3 Å². The molecule has 1 heterocycles. The van der Waals surface area contributed by atoms with Gasteiger partial charge in [0.2, 0.25) is 5.91 Å². The van der Waals surface area contributed by atoms with E-state index in [0.29, 0.717) is 34.9 Å². The van der Waals surface area contributed by atoms with Gasteiger partial charge in [0.15, 0.2) is 5.52 Å². The maximum absolute atomic E-state index is 11.2. The number of nitrogens with zero attached hydrogens (tertiary/aromatic N) is 2. The molecule has 36 heavy (non-hydrogen) atoms. The van der Waals surface area contributed by atoms with Gasteiger partial charge in [0.1, 0.15) is 30.0 Å². The van der Waals surface area contributed by atoms with E-state index in [-0.39, 0.29) is 12.1 Å². The molecule has 9 nitrogen and oxygen atoms in total. The molecule has 4 rings (SSSR count). The summed E-state index contributed by atoms with van der Waals surface area (Å²) in [5.41, 5.74) is 8.16. The zero-order valence-corrected chi connectivity index (χ0v) is 20.4. The lowest BCUT2D eigenvalue weighted by molar-refractivity contribution is 0.0988. The second-order valence-electron chi connectivity index (χ2n) is 9.33. The normalized spacial score (nSPS) is 12.4. The highest BCUT2D eigenvalue weighted by Crippen LogP contribution is 2.24. The number of β-amino-alcohol motifs (C(OH)–C–C–N with tert-alkyl or cyclic N) is 1. The zero-order valence-electron chi connectivity index (χ0n) is 20.4. The van der Waals surface area contributed by atoms with Gasteiger partial charge in [-0.15, -0.1) is 5.10 Å². The first kappa shape index (κ1) is 25.2. The van der Waals surface area contributed by atoms with Gasteiger partial charge in [-0.05, 0) is 80.8 Å². The molecule has 4 aromatic rings. The molecule has 0 radical (unpaired) electrons. The Balaban J connectivity index is 1.20. The van der Waals surface area contributed by atoms with Gasteiger partial charge in [0.25, 0.3) is 0 Å². The number of ether oxygens (including phenoxy) is 2. The van der Waals surface area contributed by atoms with E-state index < -0.39 is 12.0 Å². The molecule has 1 atom stereocenters. The fraction of sp³-hybridized carbons (Fsp3) is 0.296. The number of hydrogen-bond donors (Lipinski definition) is 4. The Labute approximate surface area is 209 Å². The highest BCUT2D eigenvalue weighted by molar-refractivity contribution is 5.92. The summed E-state index contributed by atoms with van der Waals surface area (Å²) in [6.45, 7) is 4.79. The van der Waals surface area contributed by atoms with Crippen LogP contribution in [-0.4, -0.2) is 51.2 Å². The standard InChI is InChI=1S/C27H31N5O4/c1-27(2,29-16-20(33)17-35-24-5-3-4-23-25(24)31-32-30-23)15-14-18-6-10-21(11-7-18)36-22-12-8-19(9-13-22)26(28)34/h3-13,20,29,33H,14-17H2,1-2H3,(H2,28,34)(H,30,31,32)/t20-/m0/s1. The van der Waals surface area contributed by atoms with Crippen molar-refractivity contribution in [2.24, 2.45) is 5.73 Å². The van der Waals surface area contributed by atoms with Gasteiger partial charge >= 0.3 is 0 Å². The number of hydrogen-bond acceptors (Lipinski definition) is 7. The summed E-state index contributed by atoms with van der Waals surface area (Å²) in [6, 6.07) is 20.2. The monoisotopic (exact) mass is 489 g/mol. The number of aliphatic hydroxyl groups excluding tert-OH is 1. The Morgan fingerprint density at radius 1 is 1.08 bits per heavy atom. The molecule has 1 aromatic heterocycles. The summed E-state index contributed by atoms with van der Waals surface area (Å²) in [6.07, 6.45) is 1.09. The van der Waals surface area contributed by atoms with E-state index in [1.807, 2.05) is 42.5 Å². The van der Waals surface area contributed by atoms with Crippen LogP contribution in [-0.2, 0) is 6.42 Å². The van der Waals surface area contributed by atoms with Crippen molar-refractivity contribution in [3.8, 4) is 17.2 Å². The minimum Gasteiger partial charge on any atom is -0.488 e. The Kier molecular flexibility index (Phi) is 7.82.